The van der Waals surface area contributed by atoms with Crippen LogP contribution in [-0.4, -0.2) is 15.3 Å². The van der Waals surface area contributed by atoms with Gasteiger partial charge in [-0.1, -0.05) is 29.8 Å². The highest BCUT2D eigenvalue weighted by Crippen LogP contribution is 2.30. The molecule has 0 saturated heterocycles. The Morgan fingerprint density at radius 3 is 2.64 bits per heavy atom. The molecule has 0 atom stereocenters. The standard InChI is InChI=1S/C17H12ClF3N2O2/c1-9-15(11-4-2-3-5-13(11)22-9)14(24)8-23-7-10(17(19,20)21)6-12(18)16(23)25/h2-7,22H,8H2,1H3. The van der Waals surface area contributed by atoms with Gasteiger partial charge in [0.15, 0.2) is 5.78 Å². The van der Waals surface area contributed by atoms with Crippen molar-refractivity contribution < 1.29 is 18.0 Å². The highest BCUT2D eigenvalue weighted by Gasteiger charge is 2.32. The summed E-state index contributed by atoms with van der Waals surface area (Å²) in [5.41, 5.74) is -0.271. The number of aromatic amines is 1. The van der Waals surface area contributed by atoms with Crippen molar-refractivity contribution in [2.75, 3.05) is 0 Å². The number of Topliss-reactive ketones (excluding diaryl/α,β-unsaturated/α-hetero) is 1. The molecule has 0 saturated carbocycles. The van der Waals surface area contributed by atoms with Crippen LogP contribution in [0.3, 0.4) is 0 Å². The zero-order chi connectivity index (χ0) is 18.4. The fraction of sp³-hybridized carbons (Fsp3) is 0.176. The number of H-pyrrole nitrogens is 1. The Morgan fingerprint density at radius 2 is 1.96 bits per heavy atom. The summed E-state index contributed by atoms with van der Waals surface area (Å²) in [4.78, 5) is 27.7. The maximum atomic E-state index is 12.9. The van der Waals surface area contributed by atoms with Gasteiger partial charge in [0.25, 0.3) is 5.56 Å². The lowest BCUT2D eigenvalue weighted by Crippen LogP contribution is -2.26. The molecule has 1 N–H and O–H groups in total. The van der Waals surface area contributed by atoms with E-state index in [9.17, 15) is 22.8 Å². The number of aryl methyl sites for hydroxylation is 1. The van der Waals surface area contributed by atoms with E-state index in [1.54, 1.807) is 31.2 Å². The largest absolute Gasteiger partial charge is 0.417 e. The minimum absolute atomic E-state index is 0.344. The van der Waals surface area contributed by atoms with E-state index in [0.29, 0.717) is 33.5 Å². The molecule has 0 spiro atoms. The van der Waals surface area contributed by atoms with Gasteiger partial charge in [-0.2, -0.15) is 13.2 Å². The lowest BCUT2D eigenvalue weighted by atomic mass is 10.1. The number of para-hydroxylation sites is 1. The van der Waals surface area contributed by atoms with Gasteiger partial charge in [0.05, 0.1) is 12.1 Å². The van der Waals surface area contributed by atoms with Gasteiger partial charge in [-0.05, 0) is 19.1 Å². The van der Waals surface area contributed by atoms with Crippen LogP contribution < -0.4 is 5.56 Å². The third-order valence-corrected chi connectivity index (χ3v) is 4.13. The van der Waals surface area contributed by atoms with Crippen LogP contribution in [0.2, 0.25) is 5.02 Å². The van der Waals surface area contributed by atoms with Crippen LogP contribution in [-0.2, 0) is 12.7 Å². The average molecular weight is 369 g/mol. The highest BCUT2D eigenvalue weighted by molar-refractivity contribution is 6.30. The van der Waals surface area contributed by atoms with Gasteiger partial charge in [0, 0.05) is 28.4 Å². The predicted molar refractivity (Wildman–Crippen MR) is 88.1 cm³/mol. The normalized spacial score (nSPS) is 11.9. The van der Waals surface area contributed by atoms with Gasteiger partial charge in [0.2, 0.25) is 0 Å². The molecule has 1 aromatic carbocycles. The van der Waals surface area contributed by atoms with Gasteiger partial charge in [-0.15, -0.1) is 0 Å². The van der Waals surface area contributed by atoms with E-state index in [2.05, 4.69) is 4.98 Å². The number of ketones is 1. The van der Waals surface area contributed by atoms with Crippen LogP contribution in [0.5, 0.6) is 0 Å². The van der Waals surface area contributed by atoms with Crippen LogP contribution >= 0.6 is 11.6 Å². The van der Waals surface area contributed by atoms with E-state index in [1.165, 1.54) is 0 Å². The fourth-order valence-electron chi connectivity index (χ4n) is 2.74. The molecule has 3 aromatic rings. The minimum Gasteiger partial charge on any atom is -0.358 e. The first-order valence-electron chi connectivity index (χ1n) is 7.26. The first-order chi connectivity index (χ1) is 11.7. The quantitative estimate of drug-likeness (QED) is 0.705. The molecular formula is C17H12ClF3N2O2. The number of alkyl halides is 3. The summed E-state index contributed by atoms with van der Waals surface area (Å²) < 4.78 is 39.4. The predicted octanol–water partition coefficient (Wildman–Crippen LogP) is 4.19. The fourth-order valence-corrected chi connectivity index (χ4v) is 2.97. The SMILES string of the molecule is Cc1[nH]c2ccccc2c1C(=O)Cn1cc(C(F)(F)F)cc(Cl)c1=O. The Bertz CT molecular complexity index is 1030. The van der Waals surface area contributed by atoms with Crippen molar-refractivity contribution in [1.29, 1.82) is 0 Å². The van der Waals surface area contributed by atoms with E-state index < -0.39 is 34.6 Å². The molecule has 0 fully saturated rings. The maximum Gasteiger partial charge on any atom is 0.417 e. The lowest BCUT2D eigenvalue weighted by Gasteiger charge is -2.11. The summed E-state index contributed by atoms with van der Waals surface area (Å²) in [5.74, 6) is -0.479. The summed E-state index contributed by atoms with van der Waals surface area (Å²) >= 11 is 5.61. The number of hydrogen-bond acceptors (Lipinski definition) is 2. The van der Waals surface area contributed by atoms with E-state index in [4.69, 9.17) is 11.6 Å². The van der Waals surface area contributed by atoms with Gasteiger partial charge < -0.3 is 9.55 Å². The summed E-state index contributed by atoms with van der Waals surface area (Å²) in [6.07, 6.45) is -4.06. The highest BCUT2D eigenvalue weighted by atomic mass is 35.5. The van der Waals surface area contributed by atoms with Gasteiger partial charge in [-0.3, -0.25) is 9.59 Å². The van der Waals surface area contributed by atoms with E-state index >= 15 is 0 Å². The summed E-state index contributed by atoms with van der Waals surface area (Å²) in [6, 6.07) is 7.62. The smallest absolute Gasteiger partial charge is 0.358 e. The molecule has 0 unspecified atom stereocenters. The van der Waals surface area contributed by atoms with Crippen molar-refractivity contribution in [2.24, 2.45) is 0 Å². The second kappa shape index (κ2) is 6.07. The molecule has 0 aliphatic carbocycles. The van der Waals surface area contributed by atoms with Crippen LogP contribution in [0.1, 0.15) is 21.6 Å². The van der Waals surface area contributed by atoms with Crippen molar-refractivity contribution >= 4 is 28.3 Å². The van der Waals surface area contributed by atoms with Gasteiger partial charge in [0.1, 0.15) is 5.02 Å². The van der Waals surface area contributed by atoms with Gasteiger partial charge in [-0.25, -0.2) is 0 Å². The molecule has 2 aromatic heterocycles. The van der Waals surface area contributed by atoms with Crippen LogP contribution in [0, 0.1) is 6.92 Å². The Morgan fingerprint density at radius 1 is 1.28 bits per heavy atom. The Labute approximate surface area is 144 Å². The summed E-state index contributed by atoms with van der Waals surface area (Å²) in [6.45, 7) is 1.15. The number of pyridine rings is 1. The number of nitrogens with zero attached hydrogens (tertiary/aromatic N) is 1. The molecule has 130 valence electrons. The van der Waals surface area contributed by atoms with E-state index in [-0.39, 0.29) is 0 Å². The number of fused-ring (bicyclic) bond motifs is 1. The molecule has 0 aliphatic rings. The molecule has 0 amide bonds. The molecule has 3 rings (SSSR count). The number of carbonyl (C=O) groups is 1. The average Bonchev–Trinajstić information content (AvgIpc) is 2.86. The Balaban J connectivity index is 2.05. The third kappa shape index (κ3) is 3.19. The number of halogens is 4. The number of hydrogen-bond donors (Lipinski definition) is 1. The second-order valence-electron chi connectivity index (χ2n) is 5.60. The molecular weight excluding hydrogens is 357 g/mol. The lowest BCUT2D eigenvalue weighted by molar-refractivity contribution is -0.138. The third-order valence-electron chi connectivity index (χ3n) is 3.86. The zero-order valence-electron chi connectivity index (χ0n) is 12.9. The zero-order valence-corrected chi connectivity index (χ0v) is 13.7. The van der Waals surface area contributed by atoms with Crippen LogP contribution in [0.4, 0.5) is 13.2 Å². The van der Waals surface area contributed by atoms with E-state index in [1.807, 2.05) is 0 Å². The van der Waals surface area contributed by atoms with Gasteiger partial charge >= 0.3 is 6.18 Å². The van der Waals surface area contributed by atoms with Crippen molar-refractivity contribution in [1.82, 2.24) is 9.55 Å². The Hall–Kier alpha value is -2.54. The van der Waals surface area contributed by atoms with Crippen LogP contribution in [0.25, 0.3) is 10.9 Å². The Kier molecular flexibility index (Phi) is 4.20. The molecule has 0 radical (unpaired) electrons. The number of carbonyl (C=O) groups excluding carboxylic acids is 1. The molecule has 0 aliphatic heterocycles. The first-order valence-corrected chi connectivity index (χ1v) is 7.64. The summed E-state index contributed by atoms with van der Waals surface area (Å²) in [7, 11) is 0. The number of nitrogens with one attached hydrogen (secondary N) is 1. The first kappa shape index (κ1) is 17.3. The molecule has 2 heterocycles. The van der Waals surface area contributed by atoms with E-state index in [0.717, 1.165) is 5.52 Å². The monoisotopic (exact) mass is 368 g/mol. The van der Waals surface area contributed by atoms with Crippen molar-refractivity contribution in [3.05, 3.63) is 68.7 Å². The minimum atomic E-state index is -4.67. The van der Waals surface area contributed by atoms with Crippen molar-refractivity contribution in [3.63, 3.8) is 0 Å². The summed E-state index contributed by atoms with van der Waals surface area (Å²) in [5, 5.41) is 0.0643. The molecule has 4 nitrogen and oxygen atoms in total. The molecule has 8 heteroatoms. The number of aromatic nitrogens is 2. The van der Waals surface area contributed by atoms with Crippen molar-refractivity contribution in [3.8, 4) is 0 Å². The van der Waals surface area contributed by atoms with Crippen LogP contribution in [0.15, 0.2) is 41.3 Å². The van der Waals surface area contributed by atoms with Crippen molar-refractivity contribution in [2.45, 2.75) is 19.6 Å². The molecule has 0 bridgehead atoms. The second-order valence-corrected chi connectivity index (χ2v) is 6.01. The molecule has 25 heavy (non-hydrogen) atoms. The maximum absolute atomic E-state index is 12.9. The number of benzene rings is 1. The topological polar surface area (TPSA) is 54.9 Å². The number of rotatable bonds is 3.